The molecule has 2 unspecified atom stereocenters. The van der Waals surface area contributed by atoms with Gasteiger partial charge in [-0.2, -0.15) is 16.9 Å². The number of nitrogens with one attached hydrogen (secondary N) is 1. The summed E-state index contributed by atoms with van der Waals surface area (Å²) in [6, 6.07) is 0.615. The molecule has 2 fully saturated rings. The van der Waals surface area contributed by atoms with Crippen molar-refractivity contribution in [2.24, 2.45) is 0 Å². The van der Waals surface area contributed by atoms with E-state index in [9.17, 15) is 0 Å². The van der Waals surface area contributed by atoms with Crippen LogP contribution in [0.25, 0.3) is 0 Å². The Kier molecular flexibility index (Phi) is 4.15. The number of hydrogen-bond acceptors (Lipinski definition) is 4. The third kappa shape index (κ3) is 3.33. The summed E-state index contributed by atoms with van der Waals surface area (Å²) < 4.78 is 8.06. The second-order valence-electron chi connectivity index (χ2n) is 5.76. The third-order valence-corrected chi connectivity index (χ3v) is 5.32. The molecular formula is C14H23N3OS. The zero-order valence-corrected chi connectivity index (χ0v) is 12.4. The van der Waals surface area contributed by atoms with E-state index in [4.69, 9.17) is 4.74 Å². The standard InChI is InChI=1S/C14H23N3OS/c1-12-9-16-17(10-12)5-4-15-13-2-6-18-14(8-13)3-7-19-11-14/h9-10,13,15H,2-8,11H2,1H3. The molecule has 4 nitrogen and oxygen atoms in total. The Morgan fingerprint density at radius 1 is 1.63 bits per heavy atom. The first-order valence-corrected chi connectivity index (χ1v) is 8.35. The van der Waals surface area contributed by atoms with Gasteiger partial charge in [-0.3, -0.25) is 4.68 Å². The normalized spacial score (nSPS) is 31.1. The van der Waals surface area contributed by atoms with E-state index < -0.39 is 0 Å². The number of nitrogens with zero attached hydrogens (tertiary/aromatic N) is 2. The molecular weight excluding hydrogens is 258 g/mol. The number of ether oxygens (including phenoxy) is 1. The van der Waals surface area contributed by atoms with Gasteiger partial charge < -0.3 is 10.1 Å². The van der Waals surface area contributed by atoms with Gasteiger partial charge in [-0.15, -0.1) is 0 Å². The molecule has 106 valence electrons. The van der Waals surface area contributed by atoms with E-state index in [1.165, 1.54) is 29.9 Å². The molecule has 1 aromatic heterocycles. The van der Waals surface area contributed by atoms with E-state index in [0.717, 1.165) is 26.1 Å². The van der Waals surface area contributed by atoms with Crippen LogP contribution in [0.4, 0.5) is 0 Å². The molecule has 1 N–H and O–H groups in total. The molecule has 2 aliphatic heterocycles. The second kappa shape index (κ2) is 5.85. The Morgan fingerprint density at radius 2 is 2.58 bits per heavy atom. The topological polar surface area (TPSA) is 39.1 Å². The van der Waals surface area contributed by atoms with Gasteiger partial charge >= 0.3 is 0 Å². The monoisotopic (exact) mass is 281 g/mol. The van der Waals surface area contributed by atoms with Gasteiger partial charge in [-0.1, -0.05) is 0 Å². The van der Waals surface area contributed by atoms with Crippen LogP contribution >= 0.6 is 11.8 Å². The molecule has 3 rings (SSSR count). The van der Waals surface area contributed by atoms with E-state index in [-0.39, 0.29) is 5.60 Å². The van der Waals surface area contributed by atoms with E-state index in [2.05, 4.69) is 23.5 Å². The van der Waals surface area contributed by atoms with Crippen molar-refractivity contribution >= 4 is 11.8 Å². The molecule has 5 heteroatoms. The van der Waals surface area contributed by atoms with E-state index in [1.807, 2.05) is 22.6 Å². The highest BCUT2D eigenvalue weighted by molar-refractivity contribution is 7.99. The van der Waals surface area contributed by atoms with Crippen molar-refractivity contribution < 1.29 is 4.74 Å². The fourth-order valence-corrected chi connectivity index (χ4v) is 4.42. The van der Waals surface area contributed by atoms with E-state index >= 15 is 0 Å². The van der Waals surface area contributed by atoms with Gasteiger partial charge in [0.15, 0.2) is 0 Å². The van der Waals surface area contributed by atoms with Gasteiger partial charge in [0.25, 0.3) is 0 Å². The molecule has 1 aromatic rings. The molecule has 0 radical (unpaired) electrons. The average molecular weight is 281 g/mol. The summed E-state index contributed by atoms with van der Waals surface area (Å²) in [5.41, 5.74) is 1.41. The number of aromatic nitrogens is 2. The zero-order chi connectivity index (χ0) is 13.1. The highest BCUT2D eigenvalue weighted by atomic mass is 32.2. The lowest BCUT2D eigenvalue weighted by atomic mass is 9.90. The third-order valence-electron chi connectivity index (χ3n) is 4.10. The van der Waals surface area contributed by atoms with Crippen molar-refractivity contribution in [3.63, 3.8) is 0 Å². The van der Waals surface area contributed by atoms with Gasteiger partial charge in [-0.05, 0) is 37.5 Å². The van der Waals surface area contributed by atoms with Crippen LogP contribution in [0.2, 0.25) is 0 Å². The SMILES string of the molecule is Cc1cnn(CCNC2CCOC3(CCSC3)C2)c1. The van der Waals surface area contributed by atoms with Crippen molar-refractivity contribution in [2.75, 3.05) is 24.7 Å². The van der Waals surface area contributed by atoms with Crippen molar-refractivity contribution in [2.45, 2.75) is 44.4 Å². The first kappa shape index (κ1) is 13.5. The minimum atomic E-state index is 0.183. The maximum Gasteiger partial charge on any atom is 0.0795 e. The van der Waals surface area contributed by atoms with Gasteiger partial charge in [0.05, 0.1) is 18.3 Å². The molecule has 0 saturated carbocycles. The second-order valence-corrected chi connectivity index (χ2v) is 6.86. The fraction of sp³-hybridized carbons (Fsp3) is 0.786. The molecule has 3 heterocycles. The fourth-order valence-electron chi connectivity index (χ4n) is 3.04. The molecule has 2 aliphatic rings. The van der Waals surface area contributed by atoms with Gasteiger partial charge in [0.1, 0.15) is 0 Å². The first-order chi connectivity index (χ1) is 9.26. The Balaban J connectivity index is 1.45. The van der Waals surface area contributed by atoms with Gasteiger partial charge in [0, 0.05) is 31.1 Å². The zero-order valence-electron chi connectivity index (χ0n) is 11.6. The van der Waals surface area contributed by atoms with Crippen molar-refractivity contribution in [1.82, 2.24) is 15.1 Å². The molecule has 0 amide bonds. The number of hydrogen-bond donors (Lipinski definition) is 1. The summed E-state index contributed by atoms with van der Waals surface area (Å²) >= 11 is 2.04. The molecule has 2 atom stereocenters. The summed E-state index contributed by atoms with van der Waals surface area (Å²) in [6.45, 7) is 4.94. The summed E-state index contributed by atoms with van der Waals surface area (Å²) in [7, 11) is 0. The summed E-state index contributed by atoms with van der Waals surface area (Å²) in [6.07, 6.45) is 7.57. The summed E-state index contributed by atoms with van der Waals surface area (Å²) in [5, 5.41) is 8.00. The van der Waals surface area contributed by atoms with E-state index in [1.54, 1.807) is 0 Å². The minimum Gasteiger partial charge on any atom is -0.374 e. The Morgan fingerprint density at radius 3 is 3.32 bits per heavy atom. The van der Waals surface area contributed by atoms with Crippen molar-refractivity contribution in [3.8, 4) is 0 Å². The average Bonchev–Trinajstić information content (AvgIpc) is 3.00. The van der Waals surface area contributed by atoms with E-state index in [0.29, 0.717) is 6.04 Å². The van der Waals surface area contributed by atoms with Gasteiger partial charge in [0.2, 0.25) is 0 Å². The quantitative estimate of drug-likeness (QED) is 0.914. The Labute approximate surface area is 119 Å². The highest BCUT2D eigenvalue weighted by Crippen LogP contribution is 2.38. The lowest BCUT2D eigenvalue weighted by Gasteiger charge is -2.38. The maximum absolute atomic E-state index is 6.05. The molecule has 19 heavy (non-hydrogen) atoms. The Bertz CT molecular complexity index is 415. The van der Waals surface area contributed by atoms with Gasteiger partial charge in [-0.25, -0.2) is 0 Å². The van der Waals surface area contributed by atoms with Crippen LogP contribution in [0, 0.1) is 6.92 Å². The molecule has 0 aliphatic carbocycles. The van der Waals surface area contributed by atoms with Crippen LogP contribution < -0.4 is 5.32 Å². The van der Waals surface area contributed by atoms with Crippen LogP contribution in [0.15, 0.2) is 12.4 Å². The molecule has 0 aromatic carbocycles. The minimum absolute atomic E-state index is 0.183. The maximum atomic E-state index is 6.05. The first-order valence-electron chi connectivity index (χ1n) is 7.20. The van der Waals surface area contributed by atoms with Crippen molar-refractivity contribution in [3.05, 3.63) is 18.0 Å². The lowest BCUT2D eigenvalue weighted by Crippen LogP contribution is -2.47. The molecule has 0 bridgehead atoms. The largest absolute Gasteiger partial charge is 0.374 e. The van der Waals surface area contributed by atoms with Crippen LogP contribution in [0.3, 0.4) is 0 Å². The highest BCUT2D eigenvalue weighted by Gasteiger charge is 2.40. The predicted molar refractivity (Wildman–Crippen MR) is 78.6 cm³/mol. The van der Waals surface area contributed by atoms with Crippen LogP contribution in [0.1, 0.15) is 24.8 Å². The van der Waals surface area contributed by atoms with Crippen LogP contribution in [0.5, 0.6) is 0 Å². The Hall–Kier alpha value is -0.520. The summed E-state index contributed by atoms with van der Waals surface area (Å²) in [4.78, 5) is 0. The number of thioether (sulfide) groups is 1. The number of rotatable bonds is 4. The summed E-state index contributed by atoms with van der Waals surface area (Å²) in [5.74, 6) is 2.45. The predicted octanol–water partition coefficient (Wildman–Crippen LogP) is 1.84. The van der Waals surface area contributed by atoms with Crippen LogP contribution in [-0.2, 0) is 11.3 Å². The van der Waals surface area contributed by atoms with Crippen LogP contribution in [-0.4, -0.2) is 46.1 Å². The van der Waals surface area contributed by atoms with Crippen molar-refractivity contribution in [1.29, 1.82) is 0 Å². The lowest BCUT2D eigenvalue weighted by molar-refractivity contribution is -0.0701. The molecule has 2 saturated heterocycles. The number of aryl methyl sites for hydroxylation is 1. The smallest absolute Gasteiger partial charge is 0.0795 e. The molecule has 1 spiro atoms.